The Hall–Kier alpha value is -3.48. The van der Waals surface area contributed by atoms with Crippen LogP contribution in [-0.2, 0) is 22.7 Å². The number of amides is 2. The van der Waals surface area contributed by atoms with Crippen molar-refractivity contribution in [2.45, 2.75) is 97.6 Å². The van der Waals surface area contributed by atoms with Crippen molar-refractivity contribution in [1.29, 1.82) is 0 Å². The zero-order valence-corrected chi connectivity index (χ0v) is 24.7. The van der Waals surface area contributed by atoms with Gasteiger partial charge in [0.2, 0.25) is 11.8 Å². The minimum atomic E-state index is -0.363. The van der Waals surface area contributed by atoms with Crippen LogP contribution in [0.25, 0.3) is 11.0 Å². The van der Waals surface area contributed by atoms with Gasteiger partial charge >= 0.3 is 0 Å². The standard InChI is InChI=1S/C34H45FN2O4/c1-3-5-6-7-8-9-10-11-12-17-32(38)36(22-4-2)25-33(39)37(23-27-18-20-29(35)21-19-27)24-28-26-41-31-16-14-13-15-30(31)34(28)40/h13-16,18-21,26H,3-12,17,22-25H2,1-2H3. The van der Waals surface area contributed by atoms with Gasteiger partial charge < -0.3 is 14.2 Å². The molecule has 0 N–H and O–H groups in total. The molecule has 0 spiro atoms. The van der Waals surface area contributed by atoms with Crippen LogP contribution in [0.15, 0.2) is 64.0 Å². The van der Waals surface area contributed by atoms with Crippen LogP contribution in [0.3, 0.4) is 0 Å². The van der Waals surface area contributed by atoms with Crippen molar-refractivity contribution < 1.29 is 18.4 Å². The third-order valence-electron chi connectivity index (χ3n) is 7.42. The number of rotatable bonds is 18. The Morgan fingerprint density at radius 1 is 0.756 bits per heavy atom. The molecule has 0 fully saturated rings. The number of para-hydroxylation sites is 1. The number of carbonyl (C=O) groups is 2. The van der Waals surface area contributed by atoms with Gasteiger partial charge in [0.1, 0.15) is 11.4 Å². The van der Waals surface area contributed by atoms with Gasteiger partial charge in [0, 0.05) is 19.5 Å². The molecule has 3 aromatic rings. The van der Waals surface area contributed by atoms with Gasteiger partial charge in [-0.1, -0.05) is 89.5 Å². The highest BCUT2D eigenvalue weighted by Crippen LogP contribution is 2.16. The van der Waals surface area contributed by atoms with E-state index in [2.05, 4.69) is 6.92 Å². The summed E-state index contributed by atoms with van der Waals surface area (Å²) in [6.07, 6.45) is 13.1. The monoisotopic (exact) mass is 564 g/mol. The van der Waals surface area contributed by atoms with Gasteiger partial charge in [0.25, 0.3) is 0 Å². The Bertz CT molecular complexity index is 1290. The van der Waals surface area contributed by atoms with E-state index in [-0.39, 0.29) is 42.7 Å². The van der Waals surface area contributed by atoms with E-state index in [0.717, 1.165) is 31.2 Å². The van der Waals surface area contributed by atoms with Crippen LogP contribution in [0, 0.1) is 5.82 Å². The molecule has 41 heavy (non-hydrogen) atoms. The lowest BCUT2D eigenvalue weighted by molar-refractivity contribution is -0.141. The molecule has 222 valence electrons. The summed E-state index contributed by atoms with van der Waals surface area (Å²) in [5.41, 5.74) is 1.36. The number of carbonyl (C=O) groups excluding carboxylic acids is 2. The van der Waals surface area contributed by atoms with Crippen molar-refractivity contribution in [2.75, 3.05) is 13.1 Å². The lowest BCUT2D eigenvalue weighted by atomic mass is 10.1. The first-order valence-corrected chi connectivity index (χ1v) is 15.2. The number of nitrogens with zero attached hydrogens (tertiary/aromatic N) is 2. The van der Waals surface area contributed by atoms with Crippen LogP contribution < -0.4 is 5.43 Å². The van der Waals surface area contributed by atoms with Crippen LogP contribution in [0.1, 0.15) is 95.6 Å². The summed E-state index contributed by atoms with van der Waals surface area (Å²) in [6.45, 7) is 4.83. The Balaban J connectivity index is 1.65. The summed E-state index contributed by atoms with van der Waals surface area (Å²) in [5.74, 6) is -0.649. The minimum Gasteiger partial charge on any atom is -0.464 e. The molecule has 6 nitrogen and oxygen atoms in total. The number of halogens is 1. The first-order chi connectivity index (χ1) is 19.9. The molecule has 0 aliphatic rings. The second kappa shape index (κ2) is 17.4. The second-order valence-electron chi connectivity index (χ2n) is 10.9. The van der Waals surface area contributed by atoms with Gasteiger partial charge in [-0.2, -0.15) is 0 Å². The van der Waals surface area contributed by atoms with Gasteiger partial charge in [-0.3, -0.25) is 14.4 Å². The molecule has 3 rings (SSSR count). The normalized spacial score (nSPS) is 11.1. The Morgan fingerprint density at radius 3 is 2.10 bits per heavy atom. The van der Waals surface area contributed by atoms with Crippen LogP contribution in [0.5, 0.6) is 0 Å². The summed E-state index contributed by atoms with van der Waals surface area (Å²) >= 11 is 0. The highest BCUT2D eigenvalue weighted by molar-refractivity contribution is 5.85. The average Bonchev–Trinajstić information content (AvgIpc) is 2.98. The van der Waals surface area contributed by atoms with Crippen molar-refractivity contribution in [1.82, 2.24) is 9.80 Å². The smallest absolute Gasteiger partial charge is 0.242 e. The van der Waals surface area contributed by atoms with E-state index < -0.39 is 0 Å². The van der Waals surface area contributed by atoms with Gasteiger partial charge in [-0.15, -0.1) is 0 Å². The van der Waals surface area contributed by atoms with Crippen molar-refractivity contribution in [3.63, 3.8) is 0 Å². The maximum absolute atomic E-state index is 13.6. The maximum Gasteiger partial charge on any atom is 0.242 e. The number of hydrogen-bond donors (Lipinski definition) is 0. The van der Waals surface area contributed by atoms with E-state index in [9.17, 15) is 18.8 Å². The highest BCUT2D eigenvalue weighted by Gasteiger charge is 2.22. The SMILES string of the molecule is CCCCCCCCCCCC(=O)N(CCC)CC(=O)N(Cc1ccc(F)cc1)Cc1coc2ccccc2c1=O. The lowest BCUT2D eigenvalue weighted by Crippen LogP contribution is -2.43. The second-order valence-corrected chi connectivity index (χ2v) is 10.9. The first-order valence-electron chi connectivity index (χ1n) is 15.2. The molecule has 0 radical (unpaired) electrons. The molecule has 1 aromatic heterocycles. The summed E-state index contributed by atoms with van der Waals surface area (Å²) in [7, 11) is 0. The molecule has 0 aliphatic carbocycles. The Kier molecular flexibility index (Phi) is 13.6. The van der Waals surface area contributed by atoms with Crippen LogP contribution in [0.2, 0.25) is 0 Å². The molecule has 0 saturated heterocycles. The highest BCUT2D eigenvalue weighted by atomic mass is 19.1. The van der Waals surface area contributed by atoms with Crippen molar-refractivity contribution >= 4 is 22.8 Å². The van der Waals surface area contributed by atoms with E-state index in [0.29, 0.717) is 29.5 Å². The van der Waals surface area contributed by atoms with Gasteiger partial charge in [-0.05, 0) is 42.7 Å². The fourth-order valence-corrected chi connectivity index (χ4v) is 5.05. The zero-order valence-electron chi connectivity index (χ0n) is 24.7. The van der Waals surface area contributed by atoms with E-state index in [1.54, 1.807) is 46.2 Å². The molecule has 0 bridgehead atoms. The molecule has 1 heterocycles. The minimum absolute atomic E-state index is 0.0184. The largest absolute Gasteiger partial charge is 0.464 e. The molecule has 2 aromatic carbocycles. The van der Waals surface area contributed by atoms with E-state index >= 15 is 0 Å². The Labute approximate surface area is 243 Å². The summed E-state index contributed by atoms with van der Waals surface area (Å²) in [4.78, 5) is 43.1. The van der Waals surface area contributed by atoms with Gasteiger partial charge in [-0.25, -0.2) is 4.39 Å². The predicted molar refractivity (Wildman–Crippen MR) is 162 cm³/mol. The molecular weight excluding hydrogens is 519 g/mol. The fourth-order valence-electron chi connectivity index (χ4n) is 5.05. The first kappa shape index (κ1) is 32.0. The quantitative estimate of drug-likeness (QED) is 0.149. The predicted octanol–water partition coefficient (Wildman–Crippen LogP) is 7.62. The third kappa shape index (κ3) is 10.5. The van der Waals surface area contributed by atoms with Crippen LogP contribution in [0.4, 0.5) is 4.39 Å². The van der Waals surface area contributed by atoms with Gasteiger partial charge in [0.05, 0.1) is 30.3 Å². The summed E-state index contributed by atoms with van der Waals surface area (Å²) in [6, 6.07) is 12.9. The zero-order chi connectivity index (χ0) is 29.5. The van der Waals surface area contributed by atoms with Crippen molar-refractivity contribution in [2.24, 2.45) is 0 Å². The van der Waals surface area contributed by atoms with E-state index in [4.69, 9.17) is 4.42 Å². The van der Waals surface area contributed by atoms with Crippen LogP contribution in [-0.4, -0.2) is 34.7 Å². The third-order valence-corrected chi connectivity index (χ3v) is 7.42. The van der Waals surface area contributed by atoms with E-state index in [1.165, 1.54) is 56.9 Å². The number of benzene rings is 2. The number of unbranched alkanes of at least 4 members (excludes halogenated alkanes) is 8. The Morgan fingerprint density at radius 2 is 1.41 bits per heavy atom. The summed E-state index contributed by atoms with van der Waals surface area (Å²) in [5, 5.41) is 0.447. The fraction of sp³-hybridized carbons (Fsp3) is 0.500. The molecule has 0 atom stereocenters. The van der Waals surface area contributed by atoms with Crippen LogP contribution >= 0.6 is 0 Å². The molecule has 7 heteroatoms. The molecule has 0 saturated carbocycles. The number of fused-ring (bicyclic) bond motifs is 1. The van der Waals surface area contributed by atoms with Crippen molar-refractivity contribution in [3.8, 4) is 0 Å². The molecule has 0 unspecified atom stereocenters. The molecule has 2 amide bonds. The van der Waals surface area contributed by atoms with Gasteiger partial charge in [0.15, 0.2) is 5.43 Å². The average molecular weight is 565 g/mol. The maximum atomic E-state index is 13.6. The van der Waals surface area contributed by atoms with E-state index in [1.807, 2.05) is 6.92 Å². The summed E-state index contributed by atoms with van der Waals surface area (Å²) < 4.78 is 19.2. The van der Waals surface area contributed by atoms with Crippen molar-refractivity contribution in [3.05, 3.63) is 82.0 Å². The lowest BCUT2D eigenvalue weighted by Gasteiger charge is -2.28. The topological polar surface area (TPSA) is 70.8 Å². The molecule has 0 aliphatic heterocycles. The number of hydrogen-bond acceptors (Lipinski definition) is 4. The molecular formula is C34H45FN2O4.